The minimum atomic E-state index is -0.916. The number of nitrogens with two attached hydrogens (primary N) is 1. The van der Waals surface area contributed by atoms with Crippen molar-refractivity contribution in [3.8, 4) is 0 Å². The van der Waals surface area contributed by atoms with Gasteiger partial charge in [-0.3, -0.25) is 19.0 Å². The summed E-state index contributed by atoms with van der Waals surface area (Å²) in [6.07, 6.45) is 2.45. The topological polar surface area (TPSA) is 167 Å². The molecule has 1 aromatic carbocycles. The summed E-state index contributed by atoms with van der Waals surface area (Å²) in [5, 5.41) is 6.21. The Bertz CT molecular complexity index is 1830. The summed E-state index contributed by atoms with van der Waals surface area (Å²) >= 11 is 1.48. The molecule has 1 aliphatic heterocycles. The van der Waals surface area contributed by atoms with Gasteiger partial charge in [-0.05, 0) is 24.3 Å². The number of carbonyl (C=O) groups excluding carboxylic acids is 2. The quantitative estimate of drug-likeness (QED) is 0.288. The summed E-state index contributed by atoms with van der Waals surface area (Å²) in [5.41, 5.74) is 5.30. The van der Waals surface area contributed by atoms with E-state index in [1.54, 1.807) is 12.3 Å². The number of hydrogen-bond acceptors (Lipinski definition) is 10. The highest BCUT2D eigenvalue weighted by Gasteiger charge is 2.38. The molecule has 4 N–H and O–H groups in total. The van der Waals surface area contributed by atoms with Crippen molar-refractivity contribution in [3.63, 3.8) is 0 Å². The van der Waals surface area contributed by atoms with Crippen molar-refractivity contribution in [3.05, 3.63) is 75.5 Å². The fourth-order valence-corrected chi connectivity index (χ4v) is 5.52. The second-order valence-corrected chi connectivity index (χ2v) is 10.0. The van der Waals surface area contributed by atoms with Crippen LogP contribution in [0.5, 0.6) is 0 Å². The molecule has 4 aromatic heterocycles. The number of aromatic nitrogens is 4. The normalized spacial score (nSPS) is 16.5. The van der Waals surface area contributed by atoms with Gasteiger partial charge in [0, 0.05) is 40.8 Å². The molecule has 39 heavy (non-hydrogen) atoms. The minimum absolute atomic E-state index is 0.0852. The van der Waals surface area contributed by atoms with E-state index in [1.165, 1.54) is 41.3 Å². The molecule has 0 saturated heterocycles. The van der Waals surface area contributed by atoms with Crippen LogP contribution in [0.3, 0.4) is 0 Å². The van der Waals surface area contributed by atoms with Crippen LogP contribution in [0.25, 0.3) is 21.2 Å². The number of rotatable bonds is 6. The van der Waals surface area contributed by atoms with Crippen LogP contribution in [0.4, 0.5) is 15.9 Å². The molecular formula is C25H20FN7O5S. The molecule has 198 valence electrons. The Hall–Kier alpha value is -4.69. The number of fused-ring (bicyclic) bond motifs is 3. The summed E-state index contributed by atoms with van der Waals surface area (Å²) in [7, 11) is 1.46. The number of hydrogen-bond donors (Lipinski definition) is 3. The van der Waals surface area contributed by atoms with Gasteiger partial charge in [-0.25, -0.2) is 19.3 Å². The van der Waals surface area contributed by atoms with Crippen LogP contribution in [0, 0.1) is 5.82 Å². The van der Waals surface area contributed by atoms with E-state index in [1.807, 2.05) is 6.07 Å². The highest BCUT2D eigenvalue weighted by atomic mass is 32.1. The molecule has 14 heteroatoms. The number of nitrogens with one attached hydrogen (secondary N) is 2. The lowest BCUT2D eigenvalue weighted by Crippen LogP contribution is -2.36. The van der Waals surface area contributed by atoms with Crippen LogP contribution in [0.15, 0.2) is 51.9 Å². The SMILES string of the molecule is CO[C@@H]1C[C@@H](C(=O)NCc2cc3cnc(N)cc3s2)n2c1ncc(NC(=O)c1nc3ccc(F)cc3o1)c2=O. The molecule has 0 radical (unpaired) electrons. The van der Waals surface area contributed by atoms with Crippen molar-refractivity contribution in [1.29, 1.82) is 0 Å². The molecule has 5 aromatic rings. The zero-order valence-electron chi connectivity index (χ0n) is 20.3. The fraction of sp³-hybridized carbons (Fsp3) is 0.200. The van der Waals surface area contributed by atoms with E-state index in [9.17, 15) is 18.8 Å². The van der Waals surface area contributed by atoms with Crippen molar-refractivity contribution < 1.29 is 23.1 Å². The Morgan fingerprint density at radius 1 is 1.26 bits per heavy atom. The monoisotopic (exact) mass is 549 g/mol. The lowest BCUT2D eigenvalue weighted by atomic mass is 10.1. The molecule has 0 fully saturated rings. The zero-order valence-corrected chi connectivity index (χ0v) is 21.1. The Labute approximate surface area is 222 Å². The first-order valence-electron chi connectivity index (χ1n) is 11.7. The van der Waals surface area contributed by atoms with Gasteiger partial charge in [0.1, 0.15) is 40.8 Å². The third-order valence-electron chi connectivity index (χ3n) is 6.35. The zero-order chi connectivity index (χ0) is 27.3. The van der Waals surface area contributed by atoms with Crippen molar-refractivity contribution in [1.82, 2.24) is 24.8 Å². The first-order chi connectivity index (χ1) is 18.8. The molecule has 0 bridgehead atoms. The van der Waals surface area contributed by atoms with Gasteiger partial charge in [-0.2, -0.15) is 0 Å². The van der Waals surface area contributed by atoms with E-state index in [0.29, 0.717) is 5.82 Å². The largest absolute Gasteiger partial charge is 0.432 e. The molecule has 0 spiro atoms. The van der Waals surface area contributed by atoms with E-state index in [0.717, 1.165) is 21.0 Å². The number of methoxy groups -OCH3 is 1. The number of anilines is 2. The Kier molecular flexibility index (Phi) is 6.04. The maximum atomic E-state index is 13.5. The number of ether oxygens (including phenoxy) is 1. The molecular weight excluding hydrogens is 529 g/mol. The molecule has 2 atom stereocenters. The number of oxazole rings is 1. The van der Waals surface area contributed by atoms with Crippen LogP contribution in [0.1, 0.15) is 40.0 Å². The van der Waals surface area contributed by atoms with E-state index in [2.05, 4.69) is 25.6 Å². The maximum Gasteiger partial charge on any atom is 0.311 e. The molecule has 12 nitrogen and oxygen atoms in total. The van der Waals surface area contributed by atoms with E-state index >= 15 is 0 Å². The molecule has 0 saturated carbocycles. The second kappa shape index (κ2) is 9.56. The van der Waals surface area contributed by atoms with Gasteiger partial charge in [0.2, 0.25) is 5.91 Å². The lowest BCUT2D eigenvalue weighted by molar-refractivity contribution is -0.124. The molecule has 0 aliphatic carbocycles. The number of nitrogens with zero attached hydrogens (tertiary/aromatic N) is 4. The number of benzene rings is 1. The average Bonchev–Trinajstić information content (AvgIpc) is 3.63. The summed E-state index contributed by atoms with van der Waals surface area (Å²) in [5.74, 6) is -1.45. The summed E-state index contributed by atoms with van der Waals surface area (Å²) in [4.78, 5) is 52.7. The molecule has 5 heterocycles. The summed E-state index contributed by atoms with van der Waals surface area (Å²) < 4.78 is 26.4. The van der Waals surface area contributed by atoms with Crippen molar-refractivity contribution in [2.75, 3.05) is 18.2 Å². The van der Waals surface area contributed by atoms with Gasteiger partial charge in [-0.1, -0.05) is 0 Å². The van der Waals surface area contributed by atoms with Gasteiger partial charge >= 0.3 is 5.91 Å². The minimum Gasteiger partial charge on any atom is -0.432 e. The average molecular weight is 550 g/mol. The van der Waals surface area contributed by atoms with Crippen LogP contribution in [-0.4, -0.2) is 38.4 Å². The highest BCUT2D eigenvalue weighted by Crippen LogP contribution is 2.34. The third-order valence-corrected chi connectivity index (χ3v) is 7.45. The molecule has 2 amide bonds. The van der Waals surface area contributed by atoms with E-state index < -0.39 is 35.3 Å². The number of thiophene rings is 1. The fourth-order valence-electron chi connectivity index (χ4n) is 4.50. The number of pyridine rings is 1. The number of nitrogen functional groups attached to an aromatic ring is 1. The smallest absolute Gasteiger partial charge is 0.311 e. The Morgan fingerprint density at radius 3 is 2.92 bits per heavy atom. The van der Waals surface area contributed by atoms with Gasteiger partial charge in [-0.15, -0.1) is 11.3 Å². The number of carbonyl (C=O) groups is 2. The van der Waals surface area contributed by atoms with Gasteiger partial charge in [0.05, 0.1) is 12.7 Å². The van der Waals surface area contributed by atoms with E-state index in [4.69, 9.17) is 14.9 Å². The highest BCUT2D eigenvalue weighted by molar-refractivity contribution is 7.19. The molecule has 0 unspecified atom stereocenters. The summed E-state index contributed by atoms with van der Waals surface area (Å²) in [6.45, 7) is 0.235. The standard InChI is InChI=1S/C25H20FN7O5S/c1-37-18-6-16(22(34)30-9-13-4-11-8-28-20(27)7-19(11)39-13)33-21(18)29-10-15(25(33)36)31-23(35)24-32-14-3-2-12(26)5-17(14)38-24/h2-5,7-8,10,16,18H,6,9H2,1H3,(H2,27,28)(H,30,34)(H,31,35)/t16-,18+/m0/s1. The molecule has 1 aliphatic rings. The van der Waals surface area contributed by atoms with Gasteiger partial charge < -0.3 is 25.5 Å². The van der Waals surface area contributed by atoms with Crippen LogP contribution < -0.4 is 21.9 Å². The first-order valence-corrected chi connectivity index (χ1v) is 12.6. The first kappa shape index (κ1) is 24.6. The predicted molar refractivity (Wildman–Crippen MR) is 140 cm³/mol. The van der Waals surface area contributed by atoms with Crippen LogP contribution >= 0.6 is 11.3 Å². The van der Waals surface area contributed by atoms with Gasteiger partial charge in [0.15, 0.2) is 5.58 Å². The number of halogens is 1. The van der Waals surface area contributed by atoms with Gasteiger partial charge in [0.25, 0.3) is 11.4 Å². The third kappa shape index (κ3) is 4.49. The van der Waals surface area contributed by atoms with E-state index in [-0.39, 0.29) is 41.5 Å². The van der Waals surface area contributed by atoms with Crippen molar-refractivity contribution in [2.24, 2.45) is 0 Å². The lowest BCUT2D eigenvalue weighted by Gasteiger charge is -2.14. The van der Waals surface area contributed by atoms with Crippen molar-refractivity contribution >= 4 is 55.8 Å². The number of amides is 2. The Morgan fingerprint density at radius 2 is 2.10 bits per heavy atom. The summed E-state index contributed by atoms with van der Waals surface area (Å²) in [6, 6.07) is 6.42. The molecule has 6 rings (SSSR count). The second-order valence-electron chi connectivity index (χ2n) is 8.84. The predicted octanol–water partition coefficient (Wildman–Crippen LogP) is 2.92. The Balaban J connectivity index is 1.23. The van der Waals surface area contributed by atoms with Crippen LogP contribution in [0.2, 0.25) is 0 Å². The van der Waals surface area contributed by atoms with Crippen LogP contribution in [-0.2, 0) is 16.1 Å². The maximum absolute atomic E-state index is 13.5. The van der Waals surface area contributed by atoms with Crippen molar-refractivity contribution in [2.45, 2.75) is 25.1 Å².